The van der Waals surface area contributed by atoms with Gasteiger partial charge in [0.05, 0.1) is 18.0 Å². The van der Waals surface area contributed by atoms with Crippen LogP contribution in [-0.2, 0) is 28.3 Å². The monoisotopic (exact) mass is 615 g/mol. The normalized spacial score (nSPS) is 13.6. The molecule has 1 fully saturated rings. The number of likely N-dealkylation sites (tertiary alicyclic amines) is 1. The second kappa shape index (κ2) is 19.3. The van der Waals surface area contributed by atoms with Crippen molar-refractivity contribution in [2.24, 2.45) is 5.73 Å². The van der Waals surface area contributed by atoms with Gasteiger partial charge in [-0.15, -0.1) is 11.3 Å². The van der Waals surface area contributed by atoms with Crippen LogP contribution in [0.3, 0.4) is 0 Å². The summed E-state index contributed by atoms with van der Waals surface area (Å²) in [5.41, 5.74) is 9.27. The number of thiophene rings is 1. The van der Waals surface area contributed by atoms with Gasteiger partial charge in [0.1, 0.15) is 5.84 Å². The van der Waals surface area contributed by atoms with Gasteiger partial charge in [-0.3, -0.25) is 19.7 Å². The molecule has 2 heterocycles. The molecule has 0 radical (unpaired) electrons. The molecule has 1 saturated heterocycles. The van der Waals surface area contributed by atoms with Crippen LogP contribution in [0.5, 0.6) is 0 Å². The Balaban J connectivity index is 0.000000182. The molecule has 5 rings (SSSR count). The van der Waals surface area contributed by atoms with Gasteiger partial charge in [-0.25, -0.2) is 0 Å². The van der Waals surface area contributed by atoms with E-state index < -0.39 is 0 Å². The fourth-order valence-corrected chi connectivity index (χ4v) is 5.92. The van der Waals surface area contributed by atoms with Crippen LogP contribution in [0.2, 0.25) is 0 Å². The molecular formula is C34H41N5O2S2. The summed E-state index contributed by atoms with van der Waals surface area (Å²) in [5.74, 6) is 1.18. The second-order valence-corrected chi connectivity index (χ2v) is 12.0. The third kappa shape index (κ3) is 12.9. The SMILES string of the molecule is CC1CCCN1C(=O)CNSCc1ccccc1.N=C(N)c1ccc(CNC=O)s1.c1ccc(Cc2ccccc2)cc1. The number of amidine groups is 1. The first-order valence-electron chi connectivity index (χ1n) is 14.3. The van der Waals surface area contributed by atoms with Crippen LogP contribution < -0.4 is 15.8 Å². The molecule has 0 bridgehead atoms. The van der Waals surface area contributed by atoms with Crippen LogP contribution in [0.15, 0.2) is 103 Å². The van der Waals surface area contributed by atoms with Gasteiger partial charge in [-0.1, -0.05) is 103 Å². The van der Waals surface area contributed by atoms with Gasteiger partial charge in [0.2, 0.25) is 12.3 Å². The third-order valence-corrected chi connectivity index (χ3v) is 8.61. The highest BCUT2D eigenvalue weighted by molar-refractivity contribution is 7.96. The van der Waals surface area contributed by atoms with E-state index in [0.717, 1.165) is 41.3 Å². The number of amides is 2. The Morgan fingerprint density at radius 2 is 1.53 bits per heavy atom. The average Bonchev–Trinajstić information content (AvgIpc) is 3.70. The molecule has 2 amide bonds. The van der Waals surface area contributed by atoms with Gasteiger partial charge in [-0.2, -0.15) is 0 Å². The molecule has 0 spiro atoms. The summed E-state index contributed by atoms with van der Waals surface area (Å²) in [6.07, 6.45) is 3.96. The molecule has 3 aromatic carbocycles. The molecule has 9 heteroatoms. The van der Waals surface area contributed by atoms with E-state index in [1.807, 2.05) is 29.2 Å². The molecule has 1 aromatic heterocycles. The number of nitrogen functional groups attached to an aromatic ring is 1. The van der Waals surface area contributed by atoms with E-state index in [2.05, 4.69) is 89.8 Å². The minimum absolute atomic E-state index is 0.0670. The number of carbonyl (C=O) groups excluding carboxylic acids is 2. The molecule has 0 aliphatic carbocycles. The van der Waals surface area contributed by atoms with Crippen LogP contribution in [0.1, 0.15) is 46.2 Å². The van der Waals surface area contributed by atoms with Gasteiger partial charge in [0, 0.05) is 23.2 Å². The Morgan fingerprint density at radius 1 is 0.953 bits per heavy atom. The van der Waals surface area contributed by atoms with Crippen molar-refractivity contribution in [2.45, 2.75) is 44.5 Å². The summed E-state index contributed by atoms with van der Waals surface area (Å²) < 4.78 is 3.16. The smallest absolute Gasteiger partial charge is 0.237 e. The highest BCUT2D eigenvalue weighted by Crippen LogP contribution is 2.17. The van der Waals surface area contributed by atoms with E-state index in [9.17, 15) is 9.59 Å². The van der Waals surface area contributed by atoms with Gasteiger partial charge < -0.3 is 16.0 Å². The Kier molecular flexibility index (Phi) is 15.1. The number of nitrogens with two attached hydrogens (primary N) is 1. The first kappa shape index (κ1) is 33.6. The fourth-order valence-electron chi connectivity index (χ4n) is 4.41. The van der Waals surface area contributed by atoms with Gasteiger partial charge in [-0.05, 0) is 55.0 Å². The zero-order valence-electron chi connectivity index (χ0n) is 24.6. The van der Waals surface area contributed by atoms with Crippen molar-refractivity contribution in [1.82, 2.24) is 14.9 Å². The lowest BCUT2D eigenvalue weighted by molar-refractivity contribution is -0.130. The summed E-state index contributed by atoms with van der Waals surface area (Å²) in [4.78, 5) is 25.6. The topological polar surface area (TPSA) is 111 Å². The van der Waals surface area contributed by atoms with Gasteiger partial charge in [0.15, 0.2) is 0 Å². The molecular weight excluding hydrogens is 575 g/mol. The highest BCUT2D eigenvalue weighted by Gasteiger charge is 2.24. The van der Waals surface area contributed by atoms with Crippen LogP contribution in [-0.4, -0.2) is 42.2 Å². The maximum Gasteiger partial charge on any atom is 0.237 e. The summed E-state index contributed by atoms with van der Waals surface area (Å²) >= 11 is 3.01. The van der Waals surface area contributed by atoms with Crippen molar-refractivity contribution >= 4 is 41.4 Å². The molecule has 4 aromatic rings. The van der Waals surface area contributed by atoms with Crippen molar-refractivity contribution in [2.75, 3.05) is 13.1 Å². The van der Waals surface area contributed by atoms with E-state index in [1.54, 1.807) is 18.0 Å². The van der Waals surface area contributed by atoms with Gasteiger partial charge in [0.25, 0.3) is 0 Å². The van der Waals surface area contributed by atoms with Crippen LogP contribution in [0.4, 0.5) is 0 Å². The Labute approximate surface area is 263 Å². The van der Waals surface area contributed by atoms with Crippen molar-refractivity contribution in [3.05, 3.63) is 130 Å². The number of carbonyl (C=O) groups is 2. The number of hydrogen-bond acceptors (Lipinski definition) is 6. The van der Waals surface area contributed by atoms with E-state index in [1.165, 1.54) is 28.0 Å². The summed E-state index contributed by atoms with van der Waals surface area (Å²) in [6, 6.07) is 35.4. The molecule has 43 heavy (non-hydrogen) atoms. The molecule has 1 aliphatic rings. The predicted octanol–water partition coefficient (Wildman–Crippen LogP) is 5.99. The first-order chi connectivity index (χ1) is 21.0. The minimum Gasteiger partial charge on any atom is -0.383 e. The molecule has 1 atom stereocenters. The molecule has 1 unspecified atom stereocenters. The quantitative estimate of drug-likeness (QED) is 0.0545. The van der Waals surface area contributed by atoms with Crippen molar-refractivity contribution < 1.29 is 9.59 Å². The Hall–Kier alpha value is -3.92. The minimum atomic E-state index is 0.0670. The number of hydrogen-bond donors (Lipinski definition) is 4. The molecule has 7 nitrogen and oxygen atoms in total. The number of benzene rings is 3. The van der Waals surface area contributed by atoms with Gasteiger partial charge >= 0.3 is 0 Å². The zero-order chi connectivity index (χ0) is 30.7. The fraction of sp³-hybridized carbons (Fsp3) is 0.265. The maximum atomic E-state index is 11.9. The maximum absolute atomic E-state index is 11.9. The lowest BCUT2D eigenvalue weighted by Gasteiger charge is -2.21. The summed E-state index contributed by atoms with van der Waals surface area (Å²) in [6.45, 7) is 3.98. The molecule has 1 aliphatic heterocycles. The Bertz CT molecular complexity index is 1330. The van der Waals surface area contributed by atoms with Crippen LogP contribution in [0.25, 0.3) is 0 Å². The number of nitrogens with zero attached hydrogens (tertiary/aromatic N) is 1. The molecule has 226 valence electrons. The largest absolute Gasteiger partial charge is 0.383 e. The van der Waals surface area contributed by atoms with E-state index in [0.29, 0.717) is 25.5 Å². The first-order valence-corrected chi connectivity index (χ1v) is 16.1. The number of nitrogens with one attached hydrogen (secondary N) is 3. The van der Waals surface area contributed by atoms with Crippen molar-refractivity contribution in [3.63, 3.8) is 0 Å². The highest BCUT2D eigenvalue weighted by atomic mass is 32.2. The number of rotatable bonds is 11. The van der Waals surface area contributed by atoms with Crippen LogP contribution >= 0.6 is 23.3 Å². The third-order valence-electron chi connectivity index (χ3n) is 6.66. The molecule has 0 saturated carbocycles. The van der Waals surface area contributed by atoms with Crippen molar-refractivity contribution in [1.29, 1.82) is 5.41 Å². The predicted molar refractivity (Wildman–Crippen MR) is 180 cm³/mol. The lowest BCUT2D eigenvalue weighted by atomic mass is 10.1. The summed E-state index contributed by atoms with van der Waals surface area (Å²) in [5, 5.41) is 9.66. The van der Waals surface area contributed by atoms with E-state index in [4.69, 9.17) is 11.1 Å². The van der Waals surface area contributed by atoms with E-state index >= 15 is 0 Å². The summed E-state index contributed by atoms with van der Waals surface area (Å²) in [7, 11) is 0. The van der Waals surface area contributed by atoms with Crippen molar-refractivity contribution in [3.8, 4) is 0 Å². The van der Waals surface area contributed by atoms with Crippen LogP contribution in [0, 0.1) is 5.41 Å². The standard InChI is InChI=1S/C14H20N2OS.C13H12.C7H9N3OS/c1-12-6-5-9-16(12)14(17)10-15-18-11-13-7-3-2-4-8-13;1-3-7-12(8-4-1)11-13-9-5-2-6-10-13;8-7(9)6-2-1-5(12-6)3-10-4-11/h2-4,7-8,12,15H,5-6,9-11H2,1H3;1-10H,11H2;1-2,4H,3H2,(H3,8,9)(H,10,11). The second-order valence-electron chi connectivity index (χ2n) is 10.0. The Morgan fingerprint density at radius 3 is 2.02 bits per heavy atom. The lowest BCUT2D eigenvalue weighted by Crippen LogP contribution is -2.38. The zero-order valence-corrected chi connectivity index (χ0v) is 26.2. The molecule has 5 N–H and O–H groups in total. The average molecular weight is 616 g/mol. The van der Waals surface area contributed by atoms with E-state index in [-0.39, 0.29) is 11.7 Å².